The first kappa shape index (κ1) is 8.12. The molecule has 1 aromatic rings. The molecule has 0 bridgehead atoms. The first-order valence-electron chi connectivity index (χ1n) is 4.08. The molecule has 5 heteroatoms. The van der Waals surface area contributed by atoms with Crippen molar-refractivity contribution in [1.82, 2.24) is 15.1 Å². The number of nitrogens with zero attached hydrogens (tertiary/aromatic N) is 3. The van der Waals surface area contributed by atoms with Crippen molar-refractivity contribution in [2.24, 2.45) is 5.73 Å². The Morgan fingerprint density at radius 1 is 1.69 bits per heavy atom. The molecule has 5 nitrogen and oxygen atoms in total. The van der Waals surface area contributed by atoms with Crippen LogP contribution in [0.2, 0.25) is 0 Å². The number of hydrogen-bond acceptors (Lipinski definition) is 4. The minimum Gasteiger partial charge on any atom is -0.333 e. The summed E-state index contributed by atoms with van der Waals surface area (Å²) in [5.74, 6) is -0.00865. The zero-order valence-corrected chi connectivity index (χ0v) is 7.05. The number of hydrogen-bond donors (Lipinski definition) is 1. The summed E-state index contributed by atoms with van der Waals surface area (Å²) in [6.07, 6.45) is 1.60. The quantitative estimate of drug-likeness (QED) is 0.598. The summed E-state index contributed by atoms with van der Waals surface area (Å²) < 4.78 is 0. The molecule has 0 aromatic carbocycles. The number of carbonyl (C=O) groups is 1. The van der Waals surface area contributed by atoms with Gasteiger partial charge in [0.05, 0.1) is 12.2 Å². The van der Waals surface area contributed by atoms with E-state index >= 15 is 0 Å². The number of carbonyl (C=O) groups excluding carboxylic acids is 1. The van der Waals surface area contributed by atoms with E-state index in [0.29, 0.717) is 13.1 Å². The van der Waals surface area contributed by atoms with Gasteiger partial charge in [-0.25, -0.2) is 0 Å². The maximum absolute atomic E-state index is 11.1. The third kappa shape index (κ3) is 1.50. The molecular weight excluding hydrogens is 168 g/mol. The van der Waals surface area contributed by atoms with Gasteiger partial charge in [-0.1, -0.05) is 0 Å². The molecule has 1 atom stereocenters. The number of amides is 1. The van der Waals surface area contributed by atoms with E-state index in [1.807, 2.05) is 6.07 Å². The lowest BCUT2D eigenvalue weighted by molar-refractivity contribution is -0.143. The molecule has 2 heterocycles. The van der Waals surface area contributed by atoms with Gasteiger partial charge in [0.1, 0.15) is 6.04 Å². The molecule has 0 saturated carbocycles. The summed E-state index contributed by atoms with van der Waals surface area (Å²) in [7, 11) is 0. The molecular formula is C8H10N4O. The predicted octanol–water partition coefficient (Wildman–Crippen LogP) is -0.854. The van der Waals surface area contributed by atoms with Crippen LogP contribution in [-0.2, 0) is 11.3 Å². The Bertz CT molecular complexity index is 313. The van der Waals surface area contributed by atoms with Gasteiger partial charge in [0.25, 0.3) is 0 Å². The zero-order valence-electron chi connectivity index (χ0n) is 7.05. The van der Waals surface area contributed by atoms with Gasteiger partial charge in [0.2, 0.25) is 5.91 Å². The van der Waals surface area contributed by atoms with Crippen LogP contribution in [0, 0.1) is 0 Å². The fraction of sp³-hybridized carbons (Fsp3) is 0.375. The first-order valence-corrected chi connectivity index (χ1v) is 4.08. The van der Waals surface area contributed by atoms with E-state index in [1.54, 1.807) is 17.2 Å². The summed E-state index contributed by atoms with van der Waals surface area (Å²) in [6.45, 7) is 1.13. The molecule has 1 amide bonds. The smallest absolute Gasteiger partial charge is 0.241 e. The molecule has 1 fully saturated rings. The van der Waals surface area contributed by atoms with Crippen LogP contribution in [0.15, 0.2) is 18.3 Å². The highest BCUT2D eigenvalue weighted by Gasteiger charge is 2.33. The molecule has 0 aliphatic carbocycles. The number of aromatic nitrogens is 2. The van der Waals surface area contributed by atoms with Crippen LogP contribution in [0.4, 0.5) is 0 Å². The lowest BCUT2D eigenvalue weighted by Gasteiger charge is -2.35. The second-order valence-electron chi connectivity index (χ2n) is 3.04. The van der Waals surface area contributed by atoms with Gasteiger partial charge in [0.15, 0.2) is 0 Å². The summed E-state index contributed by atoms with van der Waals surface area (Å²) in [6, 6.07) is 3.33. The summed E-state index contributed by atoms with van der Waals surface area (Å²) in [5.41, 5.74) is 6.23. The molecule has 1 aliphatic heterocycles. The molecule has 0 radical (unpaired) electrons. The highest BCUT2D eigenvalue weighted by Crippen LogP contribution is 2.10. The van der Waals surface area contributed by atoms with Crippen LogP contribution in [0.3, 0.4) is 0 Å². The van der Waals surface area contributed by atoms with Gasteiger partial charge < -0.3 is 10.6 Å². The Balaban J connectivity index is 1.97. The Hall–Kier alpha value is -1.49. The SMILES string of the molecule is NC1CN(Cc2cccnn2)C1=O. The highest BCUT2D eigenvalue weighted by molar-refractivity contribution is 5.87. The third-order valence-electron chi connectivity index (χ3n) is 2.03. The van der Waals surface area contributed by atoms with Crippen molar-refractivity contribution < 1.29 is 4.79 Å². The lowest BCUT2D eigenvalue weighted by Crippen LogP contribution is -2.60. The van der Waals surface area contributed by atoms with E-state index < -0.39 is 0 Å². The number of likely N-dealkylation sites (tertiary alicyclic amines) is 1. The van der Waals surface area contributed by atoms with Crippen molar-refractivity contribution in [3.05, 3.63) is 24.0 Å². The molecule has 1 saturated heterocycles. The van der Waals surface area contributed by atoms with Gasteiger partial charge >= 0.3 is 0 Å². The van der Waals surface area contributed by atoms with Gasteiger partial charge in [-0.15, -0.1) is 0 Å². The van der Waals surface area contributed by atoms with Crippen molar-refractivity contribution in [1.29, 1.82) is 0 Å². The minimum atomic E-state index is -0.309. The zero-order chi connectivity index (χ0) is 9.26. The van der Waals surface area contributed by atoms with Crippen LogP contribution in [0.25, 0.3) is 0 Å². The fourth-order valence-electron chi connectivity index (χ4n) is 1.28. The second kappa shape index (κ2) is 3.10. The summed E-state index contributed by atoms with van der Waals surface area (Å²) in [4.78, 5) is 12.8. The maximum Gasteiger partial charge on any atom is 0.241 e. The Morgan fingerprint density at radius 3 is 3.08 bits per heavy atom. The molecule has 1 aromatic heterocycles. The molecule has 0 spiro atoms. The average molecular weight is 178 g/mol. The monoisotopic (exact) mass is 178 g/mol. The molecule has 2 rings (SSSR count). The van der Waals surface area contributed by atoms with Crippen LogP contribution in [0.5, 0.6) is 0 Å². The Kier molecular flexibility index (Phi) is 1.94. The number of β-lactam (4-membered cyclic amide) rings is 1. The number of rotatable bonds is 2. The van der Waals surface area contributed by atoms with Crippen molar-refractivity contribution >= 4 is 5.91 Å². The van der Waals surface area contributed by atoms with Gasteiger partial charge in [-0.05, 0) is 12.1 Å². The maximum atomic E-state index is 11.1. The van der Waals surface area contributed by atoms with Crippen LogP contribution in [-0.4, -0.2) is 33.6 Å². The summed E-state index contributed by atoms with van der Waals surface area (Å²) in [5, 5.41) is 7.60. The Labute approximate surface area is 75.6 Å². The fourth-order valence-corrected chi connectivity index (χ4v) is 1.28. The molecule has 1 unspecified atom stereocenters. The van der Waals surface area contributed by atoms with Gasteiger partial charge in [0, 0.05) is 12.7 Å². The first-order chi connectivity index (χ1) is 6.27. The molecule has 68 valence electrons. The Morgan fingerprint density at radius 2 is 2.54 bits per heavy atom. The van der Waals surface area contributed by atoms with Crippen molar-refractivity contribution in [3.8, 4) is 0 Å². The topological polar surface area (TPSA) is 72.1 Å². The predicted molar refractivity (Wildman–Crippen MR) is 45.4 cm³/mol. The van der Waals surface area contributed by atoms with Gasteiger partial charge in [-0.2, -0.15) is 10.2 Å². The minimum absolute atomic E-state index is 0.00865. The molecule has 2 N–H and O–H groups in total. The van der Waals surface area contributed by atoms with E-state index in [0.717, 1.165) is 5.69 Å². The molecule has 1 aliphatic rings. The van der Waals surface area contributed by atoms with Crippen molar-refractivity contribution in [3.63, 3.8) is 0 Å². The largest absolute Gasteiger partial charge is 0.333 e. The summed E-state index contributed by atoms with van der Waals surface area (Å²) >= 11 is 0. The van der Waals surface area contributed by atoms with E-state index in [1.165, 1.54) is 0 Å². The van der Waals surface area contributed by atoms with Crippen molar-refractivity contribution in [2.45, 2.75) is 12.6 Å². The highest BCUT2D eigenvalue weighted by atomic mass is 16.2. The average Bonchev–Trinajstić information content (AvgIpc) is 2.19. The van der Waals surface area contributed by atoms with Crippen LogP contribution in [0.1, 0.15) is 5.69 Å². The van der Waals surface area contributed by atoms with Crippen molar-refractivity contribution in [2.75, 3.05) is 6.54 Å². The molecule has 13 heavy (non-hydrogen) atoms. The lowest BCUT2D eigenvalue weighted by atomic mass is 10.1. The normalized spacial score (nSPS) is 21.5. The van der Waals surface area contributed by atoms with Crippen LogP contribution < -0.4 is 5.73 Å². The standard InChI is InChI=1S/C8H10N4O/c9-7-5-12(8(7)13)4-6-2-1-3-10-11-6/h1-3,7H,4-5,9H2. The van der Waals surface area contributed by atoms with E-state index in [4.69, 9.17) is 5.73 Å². The number of nitrogens with two attached hydrogens (primary N) is 1. The van der Waals surface area contributed by atoms with E-state index in [9.17, 15) is 4.79 Å². The van der Waals surface area contributed by atoms with E-state index in [-0.39, 0.29) is 11.9 Å². The third-order valence-corrected chi connectivity index (χ3v) is 2.03. The van der Waals surface area contributed by atoms with E-state index in [2.05, 4.69) is 10.2 Å². The van der Waals surface area contributed by atoms with Gasteiger partial charge in [-0.3, -0.25) is 4.79 Å². The van der Waals surface area contributed by atoms with Crippen LogP contribution >= 0.6 is 0 Å². The second-order valence-corrected chi connectivity index (χ2v) is 3.04.